The van der Waals surface area contributed by atoms with E-state index >= 15 is 0 Å². The molecule has 3 heteroatoms. The number of hydrogen-bond acceptors (Lipinski definition) is 1. The number of pyridine rings is 1. The maximum absolute atomic E-state index is 5.47. The fourth-order valence-electron chi connectivity index (χ4n) is 0.591. The Balaban J connectivity index is 3.17. The molecule has 0 saturated heterocycles. The smallest absolute Gasteiger partial charge is 0.141 e. The molecule has 0 aliphatic heterocycles. The van der Waals surface area contributed by atoms with Crippen LogP contribution in [0.15, 0.2) is 12.1 Å². The first-order valence-corrected chi connectivity index (χ1v) is 2.69. The molecule has 0 aliphatic carbocycles. The second-order valence-electron chi connectivity index (χ2n) is 1.91. The minimum absolute atomic E-state index is 0.515. The molecule has 0 aliphatic rings. The van der Waals surface area contributed by atoms with E-state index in [4.69, 9.17) is 15.7 Å². The summed E-state index contributed by atoms with van der Waals surface area (Å²) in [4.78, 5) is 3.93. The quantitative estimate of drug-likeness (QED) is 0.392. The van der Waals surface area contributed by atoms with E-state index in [9.17, 15) is 0 Å². The lowest BCUT2D eigenvalue weighted by atomic mass is 9.92. The maximum Gasteiger partial charge on any atom is 0.141 e. The van der Waals surface area contributed by atoms with Crippen molar-refractivity contribution in [3.05, 3.63) is 17.8 Å². The molecule has 1 nitrogen and oxygen atoms in total. The highest BCUT2D eigenvalue weighted by atomic mass is 14.7. The molecular weight excluding hydrogens is 108 g/mol. The van der Waals surface area contributed by atoms with Crippen LogP contribution in [0.3, 0.4) is 0 Å². The van der Waals surface area contributed by atoms with Crippen molar-refractivity contribution in [1.29, 1.82) is 0 Å². The van der Waals surface area contributed by atoms with Crippen molar-refractivity contribution in [2.24, 2.45) is 0 Å². The molecule has 1 rings (SSSR count). The van der Waals surface area contributed by atoms with Crippen LogP contribution >= 0.6 is 0 Å². The van der Waals surface area contributed by atoms with Gasteiger partial charge in [0.25, 0.3) is 0 Å². The van der Waals surface area contributed by atoms with E-state index in [1.54, 1.807) is 12.1 Å². The molecule has 1 aromatic heterocycles. The van der Waals surface area contributed by atoms with E-state index in [0.717, 1.165) is 5.69 Å². The Bertz CT molecular complexity index is 222. The van der Waals surface area contributed by atoms with Gasteiger partial charge in [0.1, 0.15) is 15.7 Å². The van der Waals surface area contributed by atoms with Crippen molar-refractivity contribution in [2.45, 2.75) is 6.92 Å². The number of rotatable bonds is 0. The van der Waals surface area contributed by atoms with Gasteiger partial charge in [0.05, 0.1) is 0 Å². The van der Waals surface area contributed by atoms with Gasteiger partial charge in [-0.2, -0.15) is 0 Å². The molecule has 0 bridgehead atoms. The largest absolute Gasteiger partial charge is 0.270 e. The van der Waals surface area contributed by atoms with Gasteiger partial charge < -0.3 is 0 Å². The van der Waals surface area contributed by atoms with Gasteiger partial charge in [-0.3, -0.25) is 4.98 Å². The average Bonchev–Trinajstić information content (AvgIpc) is 1.80. The first-order valence-electron chi connectivity index (χ1n) is 2.69. The van der Waals surface area contributed by atoms with Crippen LogP contribution < -0.4 is 11.1 Å². The lowest BCUT2D eigenvalue weighted by Gasteiger charge is -1.98. The van der Waals surface area contributed by atoms with Crippen LogP contribution in [0.1, 0.15) is 5.69 Å². The molecule has 4 radical (unpaired) electrons. The van der Waals surface area contributed by atoms with Crippen LogP contribution in [-0.2, 0) is 0 Å². The average molecular weight is 113 g/mol. The third kappa shape index (κ3) is 1.35. The van der Waals surface area contributed by atoms with Crippen molar-refractivity contribution < 1.29 is 0 Å². The van der Waals surface area contributed by atoms with E-state index in [0.29, 0.717) is 11.1 Å². The molecular formula is C6H5B2N. The summed E-state index contributed by atoms with van der Waals surface area (Å²) in [5.74, 6) is 0. The van der Waals surface area contributed by atoms with Gasteiger partial charge in [0.2, 0.25) is 0 Å². The number of hydrogen-bond donors (Lipinski definition) is 0. The fourth-order valence-corrected chi connectivity index (χ4v) is 0.591. The van der Waals surface area contributed by atoms with Gasteiger partial charge in [-0.05, 0) is 12.5 Å². The van der Waals surface area contributed by atoms with Crippen molar-refractivity contribution in [3.63, 3.8) is 0 Å². The zero-order valence-electron chi connectivity index (χ0n) is 5.26. The van der Waals surface area contributed by atoms with Crippen molar-refractivity contribution in [3.8, 4) is 0 Å². The Morgan fingerprint density at radius 3 is 2.44 bits per heavy atom. The predicted octanol–water partition coefficient (Wildman–Crippen LogP) is -1.02. The number of nitrogens with zero attached hydrogens (tertiary/aromatic N) is 1. The molecule has 0 fully saturated rings. The van der Waals surface area contributed by atoms with Gasteiger partial charge >= 0.3 is 0 Å². The van der Waals surface area contributed by atoms with Gasteiger partial charge in [0.15, 0.2) is 0 Å². The molecule has 0 unspecified atom stereocenters. The Morgan fingerprint density at radius 1 is 1.33 bits per heavy atom. The summed E-state index contributed by atoms with van der Waals surface area (Å²) in [5.41, 5.74) is 1.99. The molecule has 1 heterocycles. The van der Waals surface area contributed by atoms with Crippen LogP contribution in [0.25, 0.3) is 0 Å². The Morgan fingerprint density at radius 2 is 2.00 bits per heavy atom. The number of aryl methyl sites for hydroxylation is 1. The Kier molecular flexibility index (Phi) is 1.60. The first-order chi connectivity index (χ1) is 4.20. The lowest BCUT2D eigenvalue weighted by molar-refractivity contribution is 1.26. The first kappa shape index (κ1) is 6.40. The molecule has 0 amide bonds. The third-order valence-corrected chi connectivity index (χ3v) is 1.15. The van der Waals surface area contributed by atoms with Crippen LogP contribution in [0.2, 0.25) is 0 Å². The lowest BCUT2D eigenvalue weighted by Crippen LogP contribution is -2.18. The fraction of sp³-hybridized carbons (Fsp3) is 0.167. The summed E-state index contributed by atoms with van der Waals surface area (Å²) in [7, 11) is 10.8. The molecule has 0 atom stereocenters. The van der Waals surface area contributed by atoms with Crippen LogP contribution in [0, 0.1) is 6.92 Å². The van der Waals surface area contributed by atoms with E-state index in [1.165, 1.54) is 0 Å². The van der Waals surface area contributed by atoms with Crippen molar-refractivity contribution in [1.82, 2.24) is 4.98 Å². The van der Waals surface area contributed by atoms with Crippen LogP contribution in [0.5, 0.6) is 0 Å². The van der Waals surface area contributed by atoms with E-state index in [1.807, 2.05) is 6.92 Å². The summed E-state index contributed by atoms with van der Waals surface area (Å²) in [6.07, 6.45) is 0. The highest BCUT2D eigenvalue weighted by molar-refractivity contribution is 6.34. The standard InChI is InChI=1S/C6H5B2N/c1-4-5(7)2-3-6(8)9-4/h2-3H,1H3. The maximum atomic E-state index is 5.47. The monoisotopic (exact) mass is 113 g/mol. The second kappa shape index (κ2) is 2.26. The minimum Gasteiger partial charge on any atom is -0.270 e. The van der Waals surface area contributed by atoms with E-state index in [-0.39, 0.29) is 0 Å². The highest BCUT2D eigenvalue weighted by Gasteiger charge is 1.90. The van der Waals surface area contributed by atoms with Crippen molar-refractivity contribution in [2.75, 3.05) is 0 Å². The summed E-state index contributed by atoms with van der Waals surface area (Å²) in [6, 6.07) is 3.43. The van der Waals surface area contributed by atoms with Gasteiger partial charge in [0, 0.05) is 5.69 Å². The number of aromatic nitrogens is 1. The molecule has 40 valence electrons. The molecule has 0 saturated carbocycles. The van der Waals surface area contributed by atoms with Gasteiger partial charge in [-0.1, -0.05) is 17.6 Å². The molecule has 0 aromatic carbocycles. The molecule has 9 heavy (non-hydrogen) atoms. The van der Waals surface area contributed by atoms with Crippen LogP contribution in [-0.4, -0.2) is 20.7 Å². The summed E-state index contributed by atoms with van der Waals surface area (Å²) in [6.45, 7) is 1.83. The second-order valence-corrected chi connectivity index (χ2v) is 1.91. The zero-order valence-corrected chi connectivity index (χ0v) is 5.26. The topological polar surface area (TPSA) is 12.9 Å². The Hall–Kier alpha value is -0.720. The Labute approximate surface area is 57.3 Å². The normalized spacial score (nSPS) is 9.44. The minimum atomic E-state index is 0.515. The molecule has 0 spiro atoms. The van der Waals surface area contributed by atoms with Gasteiger partial charge in [-0.15, -0.1) is 0 Å². The summed E-state index contributed by atoms with van der Waals surface area (Å²) >= 11 is 0. The third-order valence-electron chi connectivity index (χ3n) is 1.15. The SMILES string of the molecule is [B]c1ccc([B])c(C)n1. The van der Waals surface area contributed by atoms with Crippen molar-refractivity contribution >= 4 is 26.7 Å². The van der Waals surface area contributed by atoms with Gasteiger partial charge in [-0.25, -0.2) is 0 Å². The van der Waals surface area contributed by atoms with E-state index in [2.05, 4.69) is 4.98 Å². The van der Waals surface area contributed by atoms with E-state index < -0.39 is 0 Å². The highest BCUT2D eigenvalue weighted by Crippen LogP contribution is 1.79. The summed E-state index contributed by atoms with van der Waals surface area (Å²) in [5, 5.41) is 0. The summed E-state index contributed by atoms with van der Waals surface area (Å²) < 4.78 is 0. The molecule has 0 N–H and O–H groups in total. The molecule has 1 aromatic rings. The van der Waals surface area contributed by atoms with Crippen LogP contribution in [0.4, 0.5) is 0 Å². The zero-order chi connectivity index (χ0) is 6.85. The predicted molar refractivity (Wildman–Crippen MR) is 39.8 cm³/mol.